The Labute approximate surface area is 121 Å². The average Bonchev–Trinajstić information content (AvgIpc) is 2.48. The van der Waals surface area contributed by atoms with Gasteiger partial charge in [-0.3, -0.25) is 4.79 Å². The third kappa shape index (κ3) is 3.39. The molecule has 0 amide bonds. The Morgan fingerprint density at radius 3 is 2.00 bits per heavy atom. The van der Waals surface area contributed by atoms with Gasteiger partial charge in [0, 0.05) is 19.1 Å². The predicted molar refractivity (Wildman–Crippen MR) is 77.2 cm³/mol. The molecule has 1 aliphatic heterocycles. The van der Waals surface area contributed by atoms with Crippen LogP contribution in [0.1, 0.15) is 27.7 Å². The smallest absolute Gasteiger partial charge is 0.324 e. The molecule has 0 bridgehead atoms. The summed E-state index contributed by atoms with van der Waals surface area (Å²) in [6.45, 7) is 7.76. The van der Waals surface area contributed by atoms with E-state index in [2.05, 4.69) is 0 Å². The van der Waals surface area contributed by atoms with Crippen LogP contribution in [-0.2, 0) is 19.7 Å². The highest BCUT2D eigenvalue weighted by Gasteiger charge is 2.41. The summed E-state index contributed by atoms with van der Waals surface area (Å²) in [6, 6.07) is -0.982. The molecule has 0 saturated heterocycles. The van der Waals surface area contributed by atoms with Gasteiger partial charge in [-0.1, -0.05) is 26.0 Å². The molecule has 116 valence electrons. The van der Waals surface area contributed by atoms with Crippen LogP contribution in [0.5, 0.6) is 0 Å². The molecule has 20 heavy (non-hydrogen) atoms. The molecule has 0 saturated carbocycles. The van der Waals surface area contributed by atoms with Crippen LogP contribution in [0.25, 0.3) is 0 Å². The van der Waals surface area contributed by atoms with Crippen LogP contribution in [-0.4, -0.2) is 55.3 Å². The molecule has 6 nitrogen and oxygen atoms in total. The number of rotatable bonds is 4. The molecular weight excluding hydrogens is 280 g/mol. The van der Waals surface area contributed by atoms with Crippen LogP contribution in [0.2, 0.25) is 0 Å². The van der Waals surface area contributed by atoms with Gasteiger partial charge in [-0.05, 0) is 19.8 Å². The lowest BCUT2D eigenvalue weighted by Crippen LogP contribution is -2.54. The third-order valence-electron chi connectivity index (χ3n) is 3.29. The Balaban J connectivity index is 3.24. The van der Waals surface area contributed by atoms with E-state index in [1.807, 2.05) is 33.8 Å². The van der Waals surface area contributed by atoms with E-state index in [0.29, 0.717) is 6.54 Å². The number of nitrogens with zero attached hydrogens (tertiary/aromatic N) is 2. The van der Waals surface area contributed by atoms with E-state index in [1.165, 1.54) is 15.7 Å². The molecular formula is C13H24N2O4S. The summed E-state index contributed by atoms with van der Waals surface area (Å²) in [4.78, 5) is 12.0. The molecule has 1 aliphatic rings. The summed E-state index contributed by atoms with van der Waals surface area (Å²) in [5.74, 6) is -0.694. The Morgan fingerprint density at radius 1 is 1.10 bits per heavy atom. The van der Waals surface area contributed by atoms with Crippen LogP contribution in [0.15, 0.2) is 12.2 Å². The molecule has 1 atom stereocenters. The van der Waals surface area contributed by atoms with E-state index >= 15 is 0 Å². The Kier molecular flexibility index (Phi) is 5.73. The number of carbonyl (C=O) groups excluding carboxylic acids is 1. The highest BCUT2D eigenvalue weighted by atomic mass is 32.2. The number of hydrogen-bond donors (Lipinski definition) is 0. The summed E-state index contributed by atoms with van der Waals surface area (Å²) >= 11 is 0. The quantitative estimate of drug-likeness (QED) is 0.574. The Morgan fingerprint density at radius 2 is 1.60 bits per heavy atom. The molecule has 0 spiro atoms. The van der Waals surface area contributed by atoms with Crippen LogP contribution < -0.4 is 0 Å². The Hall–Kier alpha value is -0.920. The predicted octanol–water partition coefficient (Wildman–Crippen LogP) is 1.01. The van der Waals surface area contributed by atoms with Crippen LogP contribution >= 0.6 is 0 Å². The minimum Gasteiger partial charge on any atom is -0.468 e. The second-order valence-electron chi connectivity index (χ2n) is 5.42. The molecule has 1 rings (SSSR count). The highest BCUT2D eigenvalue weighted by molar-refractivity contribution is 7.86. The SMILES string of the molecule is COC(=O)C(C(C)C)N1CC=CCN(C(C)C)S1(=O)=O. The van der Waals surface area contributed by atoms with Gasteiger partial charge in [0.1, 0.15) is 6.04 Å². The molecule has 0 aromatic rings. The topological polar surface area (TPSA) is 66.9 Å². The molecule has 1 unspecified atom stereocenters. The lowest BCUT2D eigenvalue weighted by atomic mass is 10.0. The van der Waals surface area contributed by atoms with E-state index in [0.717, 1.165) is 0 Å². The van der Waals surface area contributed by atoms with Gasteiger partial charge in [-0.2, -0.15) is 17.0 Å². The number of hydrogen-bond acceptors (Lipinski definition) is 4. The molecule has 0 fully saturated rings. The normalized spacial score (nSPS) is 21.9. The zero-order valence-electron chi connectivity index (χ0n) is 12.7. The maximum atomic E-state index is 12.7. The third-order valence-corrected chi connectivity index (χ3v) is 5.42. The van der Waals surface area contributed by atoms with E-state index in [-0.39, 0.29) is 18.5 Å². The summed E-state index contributed by atoms with van der Waals surface area (Å²) in [7, 11) is -2.42. The van der Waals surface area contributed by atoms with Crippen molar-refractivity contribution >= 4 is 16.2 Å². The fourth-order valence-electron chi connectivity index (χ4n) is 2.26. The highest BCUT2D eigenvalue weighted by Crippen LogP contribution is 2.23. The second-order valence-corrected chi connectivity index (χ2v) is 7.26. The van der Waals surface area contributed by atoms with Crippen LogP contribution in [0, 0.1) is 5.92 Å². The standard InChI is InChI=1S/C13H24N2O4S/c1-10(2)12(13(16)19-5)15-9-7-6-8-14(11(3)4)20(15,17)18/h6-7,10-12H,8-9H2,1-5H3. The number of methoxy groups -OCH3 is 1. The first-order valence-electron chi connectivity index (χ1n) is 6.75. The molecule has 0 radical (unpaired) electrons. The van der Waals surface area contributed by atoms with E-state index in [4.69, 9.17) is 4.74 Å². The number of ether oxygens (including phenoxy) is 1. The van der Waals surface area contributed by atoms with Crippen molar-refractivity contribution in [3.8, 4) is 0 Å². The molecule has 0 aromatic carbocycles. The zero-order chi connectivity index (χ0) is 15.5. The van der Waals surface area contributed by atoms with Gasteiger partial charge in [0.25, 0.3) is 10.2 Å². The van der Waals surface area contributed by atoms with Crippen molar-refractivity contribution in [2.24, 2.45) is 5.92 Å². The van der Waals surface area contributed by atoms with Crippen molar-refractivity contribution in [1.82, 2.24) is 8.61 Å². The summed E-state index contributed by atoms with van der Waals surface area (Å²) in [5.41, 5.74) is 0. The first-order valence-corrected chi connectivity index (χ1v) is 8.14. The average molecular weight is 304 g/mol. The van der Waals surface area contributed by atoms with Crippen molar-refractivity contribution in [3.63, 3.8) is 0 Å². The first kappa shape index (κ1) is 17.1. The lowest BCUT2D eigenvalue weighted by molar-refractivity contribution is -0.146. The van der Waals surface area contributed by atoms with Crippen molar-refractivity contribution in [2.45, 2.75) is 39.8 Å². The summed E-state index contributed by atoms with van der Waals surface area (Å²) in [5, 5.41) is 0. The Bertz CT molecular complexity index is 471. The number of esters is 1. The van der Waals surface area contributed by atoms with Crippen molar-refractivity contribution in [3.05, 3.63) is 12.2 Å². The summed E-state index contributed by atoms with van der Waals surface area (Å²) < 4.78 is 32.9. The zero-order valence-corrected chi connectivity index (χ0v) is 13.6. The minimum absolute atomic E-state index is 0.169. The first-order chi connectivity index (χ1) is 9.23. The van der Waals surface area contributed by atoms with Crippen LogP contribution in [0.4, 0.5) is 0 Å². The lowest BCUT2D eigenvalue weighted by Gasteiger charge is -2.34. The molecule has 1 heterocycles. The molecule has 0 aliphatic carbocycles. The van der Waals surface area contributed by atoms with Gasteiger partial charge < -0.3 is 4.74 Å². The molecule has 0 N–H and O–H groups in total. The maximum Gasteiger partial charge on any atom is 0.324 e. The van der Waals surface area contributed by atoms with Gasteiger partial charge in [0.15, 0.2) is 0 Å². The molecule has 7 heteroatoms. The van der Waals surface area contributed by atoms with Crippen molar-refractivity contribution in [2.75, 3.05) is 20.2 Å². The van der Waals surface area contributed by atoms with Gasteiger partial charge in [-0.25, -0.2) is 0 Å². The van der Waals surface area contributed by atoms with Crippen LogP contribution in [0.3, 0.4) is 0 Å². The van der Waals surface area contributed by atoms with Gasteiger partial charge in [-0.15, -0.1) is 0 Å². The van der Waals surface area contributed by atoms with Crippen molar-refractivity contribution < 1.29 is 17.9 Å². The maximum absolute atomic E-state index is 12.7. The fraction of sp³-hybridized carbons (Fsp3) is 0.769. The fourth-order valence-corrected chi connectivity index (χ4v) is 4.22. The van der Waals surface area contributed by atoms with Gasteiger partial charge in [0.2, 0.25) is 0 Å². The van der Waals surface area contributed by atoms with Gasteiger partial charge in [0.05, 0.1) is 7.11 Å². The molecule has 0 aromatic heterocycles. The second kappa shape index (κ2) is 6.69. The van der Waals surface area contributed by atoms with E-state index < -0.39 is 22.2 Å². The minimum atomic E-state index is -3.70. The monoisotopic (exact) mass is 304 g/mol. The largest absolute Gasteiger partial charge is 0.468 e. The van der Waals surface area contributed by atoms with Crippen molar-refractivity contribution in [1.29, 1.82) is 0 Å². The van der Waals surface area contributed by atoms with E-state index in [1.54, 1.807) is 6.08 Å². The summed E-state index contributed by atoms with van der Waals surface area (Å²) in [6.07, 6.45) is 3.59. The van der Waals surface area contributed by atoms with Gasteiger partial charge >= 0.3 is 5.97 Å². The number of carbonyl (C=O) groups is 1. The van der Waals surface area contributed by atoms with E-state index in [9.17, 15) is 13.2 Å².